The van der Waals surface area contributed by atoms with E-state index in [9.17, 15) is 4.79 Å². The van der Waals surface area contributed by atoms with Gasteiger partial charge in [0.05, 0.1) is 7.11 Å². The predicted octanol–water partition coefficient (Wildman–Crippen LogP) is 1.99. The van der Waals surface area contributed by atoms with E-state index in [4.69, 9.17) is 0 Å². The Hall–Kier alpha value is -0.530. The molecule has 2 rings (SSSR count). The molecule has 2 fully saturated rings. The standard InChI is InChI=1S/C10H16O2/c1-12-10(11)6-9-5-7-2-3-8(9)4-7/h7-9H,2-6H2,1H3/t7-,8-,9+/m0/s1. The quantitative estimate of drug-likeness (QED) is 0.589. The molecular formula is C10H16O2. The number of hydrogen-bond acceptors (Lipinski definition) is 2. The second kappa shape index (κ2) is 3.08. The van der Waals surface area contributed by atoms with Crippen molar-refractivity contribution in [3.63, 3.8) is 0 Å². The molecule has 12 heavy (non-hydrogen) atoms. The Bertz CT molecular complexity index is 188. The van der Waals surface area contributed by atoms with Gasteiger partial charge in [-0.1, -0.05) is 6.42 Å². The van der Waals surface area contributed by atoms with Crippen molar-refractivity contribution in [2.24, 2.45) is 17.8 Å². The van der Waals surface area contributed by atoms with E-state index in [1.165, 1.54) is 32.8 Å². The van der Waals surface area contributed by atoms with Gasteiger partial charge in [0.1, 0.15) is 0 Å². The van der Waals surface area contributed by atoms with Gasteiger partial charge in [0.25, 0.3) is 0 Å². The molecule has 2 heteroatoms. The number of rotatable bonds is 2. The highest BCUT2D eigenvalue weighted by Gasteiger charge is 2.40. The molecule has 2 aliphatic rings. The van der Waals surface area contributed by atoms with Crippen LogP contribution in [0.1, 0.15) is 32.1 Å². The predicted molar refractivity (Wildman–Crippen MR) is 45.6 cm³/mol. The lowest BCUT2D eigenvalue weighted by molar-refractivity contribution is -0.142. The van der Waals surface area contributed by atoms with E-state index in [0.717, 1.165) is 11.8 Å². The Morgan fingerprint density at radius 2 is 2.25 bits per heavy atom. The minimum absolute atomic E-state index is 0.0208. The summed E-state index contributed by atoms with van der Waals surface area (Å²) in [7, 11) is 1.48. The smallest absolute Gasteiger partial charge is 0.305 e. The van der Waals surface area contributed by atoms with Gasteiger partial charge in [0.15, 0.2) is 0 Å². The van der Waals surface area contributed by atoms with Gasteiger partial charge in [-0.25, -0.2) is 0 Å². The molecule has 0 amide bonds. The summed E-state index contributed by atoms with van der Waals surface area (Å²) >= 11 is 0. The summed E-state index contributed by atoms with van der Waals surface area (Å²) < 4.78 is 4.68. The van der Waals surface area contributed by atoms with Gasteiger partial charge in [-0.05, 0) is 37.0 Å². The number of ether oxygens (including phenoxy) is 1. The molecule has 68 valence electrons. The first-order valence-electron chi connectivity index (χ1n) is 4.86. The van der Waals surface area contributed by atoms with Crippen molar-refractivity contribution in [1.82, 2.24) is 0 Å². The molecule has 0 radical (unpaired) electrons. The Kier molecular flexibility index (Phi) is 2.07. The van der Waals surface area contributed by atoms with E-state index in [1.54, 1.807) is 0 Å². The highest BCUT2D eigenvalue weighted by Crippen LogP contribution is 2.49. The molecule has 2 bridgehead atoms. The Balaban J connectivity index is 1.86. The number of fused-ring (bicyclic) bond motifs is 2. The van der Waals surface area contributed by atoms with Crippen LogP contribution in [0.15, 0.2) is 0 Å². The molecule has 2 aliphatic carbocycles. The fourth-order valence-electron chi connectivity index (χ4n) is 2.92. The molecule has 3 atom stereocenters. The molecule has 2 saturated carbocycles. The first-order valence-corrected chi connectivity index (χ1v) is 4.86. The van der Waals surface area contributed by atoms with Crippen molar-refractivity contribution >= 4 is 5.97 Å². The highest BCUT2D eigenvalue weighted by molar-refractivity contribution is 5.69. The van der Waals surface area contributed by atoms with Gasteiger partial charge in [-0.2, -0.15) is 0 Å². The van der Waals surface area contributed by atoms with Crippen LogP contribution in [0.25, 0.3) is 0 Å². The first kappa shape index (κ1) is 8.09. The Labute approximate surface area is 73.3 Å². The van der Waals surface area contributed by atoms with Crippen molar-refractivity contribution in [2.45, 2.75) is 32.1 Å². The molecule has 0 heterocycles. The molecule has 0 N–H and O–H groups in total. The highest BCUT2D eigenvalue weighted by atomic mass is 16.5. The second-order valence-corrected chi connectivity index (χ2v) is 4.22. The summed E-state index contributed by atoms with van der Waals surface area (Å²) in [4.78, 5) is 11.0. The van der Waals surface area contributed by atoms with Crippen LogP contribution in [0.3, 0.4) is 0 Å². The molecule has 0 aromatic heterocycles. The fourth-order valence-corrected chi connectivity index (χ4v) is 2.92. The van der Waals surface area contributed by atoms with Crippen LogP contribution in [0.2, 0.25) is 0 Å². The maximum absolute atomic E-state index is 11.0. The molecule has 0 aromatic rings. The third-order valence-corrected chi connectivity index (χ3v) is 3.54. The lowest BCUT2D eigenvalue weighted by atomic mass is 9.86. The number of methoxy groups -OCH3 is 1. The monoisotopic (exact) mass is 168 g/mol. The minimum atomic E-state index is -0.0208. The first-order chi connectivity index (χ1) is 5.79. The van der Waals surface area contributed by atoms with E-state index in [-0.39, 0.29) is 5.97 Å². The summed E-state index contributed by atoms with van der Waals surface area (Å²) in [6.45, 7) is 0. The van der Waals surface area contributed by atoms with Gasteiger partial charge in [-0.3, -0.25) is 4.79 Å². The molecule has 2 nitrogen and oxygen atoms in total. The SMILES string of the molecule is COC(=O)C[C@H]1C[C@H]2CC[C@H]1C2. The Morgan fingerprint density at radius 1 is 1.42 bits per heavy atom. The van der Waals surface area contributed by atoms with Crippen LogP contribution in [0.5, 0.6) is 0 Å². The summed E-state index contributed by atoms with van der Waals surface area (Å²) in [5, 5.41) is 0. The van der Waals surface area contributed by atoms with Crippen LogP contribution in [0.4, 0.5) is 0 Å². The maximum Gasteiger partial charge on any atom is 0.305 e. The average molecular weight is 168 g/mol. The van der Waals surface area contributed by atoms with Gasteiger partial charge < -0.3 is 4.74 Å². The Morgan fingerprint density at radius 3 is 2.75 bits per heavy atom. The summed E-state index contributed by atoms with van der Waals surface area (Å²) in [6, 6.07) is 0. The third-order valence-electron chi connectivity index (χ3n) is 3.54. The normalized spacial score (nSPS) is 38.6. The second-order valence-electron chi connectivity index (χ2n) is 4.22. The van der Waals surface area contributed by atoms with Gasteiger partial charge in [0.2, 0.25) is 0 Å². The molecular weight excluding hydrogens is 152 g/mol. The van der Waals surface area contributed by atoms with E-state index in [0.29, 0.717) is 12.3 Å². The fraction of sp³-hybridized carbons (Fsp3) is 0.900. The largest absolute Gasteiger partial charge is 0.469 e. The van der Waals surface area contributed by atoms with Crippen LogP contribution in [-0.4, -0.2) is 13.1 Å². The number of carbonyl (C=O) groups excluding carboxylic acids is 1. The van der Waals surface area contributed by atoms with Gasteiger partial charge in [-0.15, -0.1) is 0 Å². The zero-order valence-corrected chi connectivity index (χ0v) is 7.58. The average Bonchev–Trinajstić information content (AvgIpc) is 2.64. The molecule has 0 aromatic carbocycles. The van der Waals surface area contributed by atoms with E-state index in [2.05, 4.69) is 4.74 Å². The summed E-state index contributed by atoms with van der Waals surface area (Å²) in [5.41, 5.74) is 0. The van der Waals surface area contributed by atoms with Crippen LogP contribution in [0, 0.1) is 17.8 Å². The number of hydrogen-bond donors (Lipinski definition) is 0. The molecule has 0 unspecified atom stereocenters. The zero-order chi connectivity index (χ0) is 8.55. The van der Waals surface area contributed by atoms with Crippen molar-refractivity contribution in [3.8, 4) is 0 Å². The van der Waals surface area contributed by atoms with Crippen molar-refractivity contribution in [1.29, 1.82) is 0 Å². The van der Waals surface area contributed by atoms with E-state index < -0.39 is 0 Å². The zero-order valence-electron chi connectivity index (χ0n) is 7.58. The summed E-state index contributed by atoms with van der Waals surface area (Å²) in [5.74, 6) is 2.41. The van der Waals surface area contributed by atoms with E-state index in [1.807, 2.05) is 0 Å². The van der Waals surface area contributed by atoms with Crippen LogP contribution < -0.4 is 0 Å². The third kappa shape index (κ3) is 1.35. The van der Waals surface area contributed by atoms with Crippen LogP contribution >= 0.6 is 0 Å². The van der Waals surface area contributed by atoms with Gasteiger partial charge >= 0.3 is 5.97 Å². The lowest BCUT2D eigenvalue weighted by Crippen LogP contribution is -2.15. The van der Waals surface area contributed by atoms with Crippen molar-refractivity contribution in [2.75, 3.05) is 7.11 Å². The molecule has 0 saturated heterocycles. The van der Waals surface area contributed by atoms with Crippen molar-refractivity contribution < 1.29 is 9.53 Å². The molecule has 0 spiro atoms. The number of esters is 1. The lowest BCUT2D eigenvalue weighted by Gasteiger charge is -2.19. The number of carbonyl (C=O) groups is 1. The van der Waals surface area contributed by atoms with Crippen molar-refractivity contribution in [3.05, 3.63) is 0 Å². The van der Waals surface area contributed by atoms with Crippen LogP contribution in [-0.2, 0) is 9.53 Å². The minimum Gasteiger partial charge on any atom is -0.469 e. The van der Waals surface area contributed by atoms with E-state index >= 15 is 0 Å². The maximum atomic E-state index is 11.0. The van der Waals surface area contributed by atoms with Gasteiger partial charge in [0, 0.05) is 6.42 Å². The summed E-state index contributed by atoms with van der Waals surface area (Å²) in [6.07, 6.45) is 6.08. The molecule has 0 aliphatic heterocycles. The topological polar surface area (TPSA) is 26.3 Å².